The molecule has 1 heterocycles. The van der Waals surface area contributed by atoms with E-state index in [2.05, 4.69) is 10.3 Å². The summed E-state index contributed by atoms with van der Waals surface area (Å²) in [5, 5.41) is 12.9. The van der Waals surface area contributed by atoms with Crippen molar-refractivity contribution in [2.45, 2.75) is 6.92 Å². The third kappa shape index (κ3) is 3.60. The molecule has 1 aliphatic rings. The van der Waals surface area contributed by atoms with E-state index in [1.54, 1.807) is 30.3 Å². The number of halogens is 1. The number of aryl methyl sites for hydroxylation is 1. The van der Waals surface area contributed by atoms with Gasteiger partial charge in [0.05, 0.1) is 4.91 Å². The van der Waals surface area contributed by atoms with Gasteiger partial charge in [-0.25, -0.2) is 9.38 Å². The smallest absolute Gasteiger partial charge is 0.264 e. The van der Waals surface area contributed by atoms with Crippen molar-refractivity contribution >= 4 is 34.6 Å². The van der Waals surface area contributed by atoms with E-state index in [4.69, 9.17) is 0 Å². The summed E-state index contributed by atoms with van der Waals surface area (Å²) in [6, 6.07) is 11.0. The maximum Gasteiger partial charge on any atom is 0.264 e. The molecule has 2 aromatic rings. The van der Waals surface area contributed by atoms with Crippen LogP contribution < -0.4 is 5.32 Å². The van der Waals surface area contributed by atoms with Crippen LogP contribution in [-0.4, -0.2) is 16.2 Å². The van der Waals surface area contributed by atoms with Crippen LogP contribution in [0.4, 0.5) is 10.1 Å². The van der Waals surface area contributed by atoms with E-state index >= 15 is 0 Å². The van der Waals surface area contributed by atoms with Gasteiger partial charge in [-0.15, -0.1) is 0 Å². The number of hydrogen-bond donors (Lipinski definition) is 2. The average Bonchev–Trinajstić information content (AvgIpc) is 2.84. The lowest BCUT2D eigenvalue weighted by molar-refractivity contribution is -0.115. The Morgan fingerprint density at radius 3 is 2.65 bits per heavy atom. The van der Waals surface area contributed by atoms with Crippen LogP contribution in [-0.2, 0) is 4.79 Å². The van der Waals surface area contributed by atoms with E-state index in [0.717, 1.165) is 11.1 Å². The largest absolute Gasteiger partial charge is 0.506 e. The molecular weight excluding hydrogens is 315 g/mol. The molecule has 6 heteroatoms. The van der Waals surface area contributed by atoms with Crippen molar-refractivity contribution in [3.8, 4) is 5.75 Å². The third-order valence-corrected chi connectivity index (χ3v) is 4.08. The van der Waals surface area contributed by atoms with Gasteiger partial charge in [-0.3, -0.25) is 4.79 Å². The van der Waals surface area contributed by atoms with Crippen molar-refractivity contribution in [3.63, 3.8) is 0 Å². The maximum absolute atomic E-state index is 12.9. The fourth-order valence-electron chi connectivity index (χ4n) is 2.03. The summed E-state index contributed by atoms with van der Waals surface area (Å²) < 4.78 is 12.9. The van der Waals surface area contributed by atoms with Crippen LogP contribution in [0, 0.1) is 12.7 Å². The van der Waals surface area contributed by atoms with Crippen LogP contribution in [0.15, 0.2) is 52.4 Å². The van der Waals surface area contributed by atoms with Crippen molar-refractivity contribution in [2.24, 2.45) is 4.99 Å². The second-order valence-corrected chi connectivity index (χ2v) is 6.06. The van der Waals surface area contributed by atoms with Gasteiger partial charge in [0, 0.05) is 0 Å². The summed E-state index contributed by atoms with van der Waals surface area (Å²) >= 11 is 1.17. The van der Waals surface area contributed by atoms with Crippen LogP contribution in [0.2, 0.25) is 0 Å². The lowest BCUT2D eigenvalue weighted by Crippen LogP contribution is -2.19. The molecule has 1 aliphatic heterocycles. The minimum absolute atomic E-state index is 0.0586. The molecule has 0 atom stereocenters. The number of aliphatic imine (C=N–C) groups is 1. The molecule has 3 rings (SSSR count). The summed E-state index contributed by atoms with van der Waals surface area (Å²) in [4.78, 5) is 16.7. The number of phenolic OH excluding ortho intramolecular Hbond substituents is 1. The fourth-order valence-corrected chi connectivity index (χ4v) is 2.86. The molecule has 0 unspecified atom stereocenters. The number of carbonyl (C=O) groups is 1. The van der Waals surface area contributed by atoms with Crippen LogP contribution >= 0.6 is 11.8 Å². The van der Waals surface area contributed by atoms with Gasteiger partial charge < -0.3 is 10.4 Å². The first-order valence-corrected chi connectivity index (χ1v) is 7.68. The molecule has 2 aromatic carbocycles. The number of aromatic hydroxyl groups is 1. The number of phenols is 1. The molecule has 0 radical (unpaired) electrons. The molecule has 0 aromatic heterocycles. The van der Waals surface area contributed by atoms with E-state index in [1.165, 1.54) is 23.9 Å². The minimum Gasteiger partial charge on any atom is -0.506 e. The Labute approximate surface area is 136 Å². The maximum atomic E-state index is 12.9. The molecule has 116 valence electrons. The number of carbonyl (C=O) groups excluding carboxylic acids is 1. The number of benzene rings is 2. The SMILES string of the molecule is Cc1ccc(N=C2NC(=O)/C(=C/c3ccc(F)cc3)S2)c(O)c1. The second-order valence-electron chi connectivity index (χ2n) is 5.03. The highest BCUT2D eigenvalue weighted by molar-refractivity contribution is 8.18. The first-order valence-electron chi connectivity index (χ1n) is 6.86. The predicted molar refractivity (Wildman–Crippen MR) is 90.0 cm³/mol. The zero-order valence-electron chi connectivity index (χ0n) is 12.2. The third-order valence-electron chi connectivity index (χ3n) is 3.17. The molecule has 0 aliphatic carbocycles. The van der Waals surface area contributed by atoms with Gasteiger partial charge in [-0.2, -0.15) is 0 Å². The zero-order valence-corrected chi connectivity index (χ0v) is 13.0. The molecule has 0 bridgehead atoms. The molecule has 2 N–H and O–H groups in total. The van der Waals surface area contributed by atoms with Crippen LogP contribution in [0.5, 0.6) is 5.75 Å². The van der Waals surface area contributed by atoms with Crippen LogP contribution in [0.25, 0.3) is 6.08 Å². The highest BCUT2D eigenvalue weighted by Gasteiger charge is 2.24. The van der Waals surface area contributed by atoms with E-state index in [1.807, 2.05) is 13.0 Å². The van der Waals surface area contributed by atoms with E-state index in [0.29, 0.717) is 15.8 Å². The predicted octanol–water partition coefficient (Wildman–Crippen LogP) is 3.73. The van der Waals surface area contributed by atoms with Crippen molar-refractivity contribution in [1.82, 2.24) is 5.32 Å². The Hall–Kier alpha value is -2.60. The van der Waals surface area contributed by atoms with Crippen molar-refractivity contribution < 1.29 is 14.3 Å². The van der Waals surface area contributed by atoms with Gasteiger partial charge in [-0.1, -0.05) is 18.2 Å². The molecule has 4 nitrogen and oxygen atoms in total. The van der Waals surface area contributed by atoms with Gasteiger partial charge in [0.15, 0.2) is 5.17 Å². The highest BCUT2D eigenvalue weighted by atomic mass is 32.2. The summed E-state index contributed by atoms with van der Waals surface area (Å²) in [7, 11) is 0. The Morgan fingerprint density at radius 2 is 1.96 bits per heavy atom. The molecule has 1 saturated heterocycles. The zero-order chi connectivity index (χ0) is 16.4. The Morgan fingerprint density at radius 1 is 1.22 bits per heavy atom. The van der Waals surface area contributed by atoms with E-state index in [9.17, 15) is 14.3 Å². The highest BCUT2D eigenvalue weighted by Crippen LogP contribution is 2.32. The fraction of sp³-hybridized carbons (Fsp3) is 0.0588. The standard InChI is InChI=1S/C17H13FN2O2S/c1-10-2-7-13(14(21)8-10)19-17-20-16(22)15(23-17)9-11-3-5-12(18)6-4-11/h2-9,21H,1H3,(H,19,20,22)/b15-9-. The number of rotatable bonds is 2. The minimum atomic E-state index is -0.326. The van der Waals surface area contributed by atoms with E-state index < -0.39 is 0 Å². The normalized spacial score (nSPS) is 17.7. The number of amidine groups is 1. The van der Waals surface area contributed by atoms with E-state index in [-0.39, 0.29) is 17.5 Å². The lowest BCUT2D eigenvalue weighted by atomic mass is 10.2. The quantitative estimate of drug-likeness (QED) is 0.826. The van der Waals surface area contributed by atoms with Crippen molar-refractivity contribution in [3.05, 3.63) is 64.3 Å². The molecule has 0 spiro atoms. The number of thioether (sulfide) groups is 1. The van der Waals surface area contributed by atoms with Gasteiger partial charge in [0.1, 0.15) is 17.3 Å². The Kier molecular flexibility index (Phi) is 4.16. The van der Waals surface area contributed by atoms with Gasteiger partial charge in [-0.05, 0) is 60.2 Å². The first kappa shape index (κ1) is 15.3. The lowest BCUT2D eigenvalue weighted by Gasteiger charge is -2.01. The first-order chi connectivity index (χ1) is 11.0. The van der Waals surface area contributed by atoms with Gasteiger partial charge in [0.25, 0.3) is 5.91 Å². The van der Waals surface area contributed by atoms with Crippen molar-refractivity contribution in [1.29, 1.82) is 0 Å². The second kappa shape index (κ2) is 6.26. The molecule has 23 heavy (non-hydrogen) atoms. The Bertz CT molecular complexity index is 829. The van der Waals surface area contributed by atoms with Crippen LogP contribution in [0.3, 0.4) is 0 Å². The van der Waals surface area contributed by atoms with Gasteiger partial charge in [0.2, 0.25) is 0 Å². The summed E-state index contributed by atoms with van der Waals surface area (Å²) in [6.07, 6.45) is 1.66. The average molecular weight is 328 g/mol. The van der Waals surface area contributed by atoms with Crippen molar-refractivity contribution in [2.75, 3.05) is 0 Å². The summed E-state index contributed by atoms with van der Waals surface area (Å²) in [6.45, 7) is 1.87. The molecule has 1 amide bonds. The molecule has 1 fully saturated rings. The number of hydrogen-bond acceptors (Lipinski definition) is 4. The monoisotopic (exact) mass is 328 g/mol. The summed E-state index contributed by atoms with van der Waals surface area (Å²) in [5.74, 6) is -0.541. The molecule has 0 saturated carbocycles. The van der Waals surface area contributed by atoms with Gasteiger partial charge >= 0.3 is 0 Å². The summed E-state index contributed by atoms with van der Waals surface area (Å²) in [5.41, 5.74) is 2.04. The number of nitrogens with one attached hydrogen (secondary N) is 1. The van der Waals surface area contributed by atoms with Crippen LogP contribution in [0.1, 0.15) is 11.1 Å². The number of amides is 1. The topological polar surface area (TPSA) is 61.7 Å². The Balaban J connectivity index is 1.84. The molecular formula is C17H13FN2O2S. The number of nitrogens with zero attached hydrogens (tertiary/aromatic N) is 1.